The average Bonchev–Trinajstić information content (AvgIpc) is 3.05. The minimum atomic E-state index is -0.0743. The van der Waals surface area contributed by atoms with Crippen molar-refractivity contribution in [3.05, 3.63) is 51.8 Å². The maximum absolute atomic E-state index is 12.2. The molecule has 0 spiro atoms. The number of hydrogen-bond acceptors (Lipinski definition) is 3. The minimum Gasteiger partial charge on any atom is -0.350 e. The van der Waals surface area contributed by atoms with Gasteiger partial charge in [0, 0.05) is 30.9 Å². The van der Waals surface area contributed by atoms with Crippen LogP contribution in [-0.4, -0.2) is 28.8 Å². The molecule has 24 heavy (non-hydrogen) atoms. The van der Waals surface area contributed by atoms with Gasteiger partial charge in [0.1, 0.15) is 6.54 Å². The van der Waals surface area contributed by atoms with Gasteiger partial charge in [0.15, 0.2) is 0 Å². The molecule has 1 aromatic carbocycles. The van der Waals surface area contributed by atoms with Crippen molar-refractivity contribution in [2.75, 3.05) is 13.1 Å². The second-order valence-corrected chi connectivity index (χ2v) is 6.80. The number of carbonyl (C=O) groups excluding carboxylic acids is 1. The lowest BCUT2D eigenvalue weighted by Crippen LogP contribution is -2.32. The summed E-state index contributed by atoms with van der Waals surface area (Å²) in [4.78, 5) is 12.2. The van der Waals surface area contributed by atoms with Crippen LogP contribution in [0.4, 0.5) is 0 Å². The van der Waals surface area contributed by atoms with Crippen LogP contribution in [0.3, 0.4) is 0 Å². The van der Waals surface area contributed by atoms with Crippen molar-refractivity contribution >= 4 is 29.1 Å². The van der Waals surface area contributed by atoms with Crippen LogP contribution in [0.25, 0.3) is 0 Å². The third kappa shape index (κ3) is 4.29. The summed E-state index contributed by atoms with van der Waals surface area (Å²) in [6.45, 7) is 2.64. The monoisotopic (exact) mass is 366 g/mol. The lowest BCUT2D eigenvalue weighted by molar-refractivity contribution is -0.122. The van der Waals surface area contributed by atoms with E-state index in [0.717, 1.165) is 37.2 Å². The molecular formula is C17H20Cl2N4O. The lowest BCUT2D eigenvalue weighted by atomic mass is 9.96. The Morgan fingerprint density at radius 3 is 2.96 bits per heavy atom. The Bertz CT molecular complexity index is 710. The van der Waals surface area contributed by atoms with Crippen LogP contribution in [0, 0.1) is 0 Å². The van der Waals surface area contributed by atoms with Crippen LogP contribution in [-0.2, 0) is 17.9 Å². The normalized spacial score (nSPS) is 17.7. The highest BCUT2D eigenvalue weighted by Crippen LogP contribution is 2.23. The van der Waals surface area contributed by atoms with E-state index in [0.29, 0.717) is 22.5 Å². The predicted octanol–water partition coefficient (Wildman–Crippen LogP) is 2.97. The first-order chi connectivity index (χ1) is 11.6. The summed E-state index contributed by atoms with van der Waals surface area (Å²) in [5.74, 6) is 0.346. The number of benzene rings is 1. The number of amides is 1. The molecule has 1 fully saturated rings. The minimum absolute atomic E-state index is 0.0743. The topological polar surface area (TPSA) is 59.0 Å². The Morgan fingerprint density at radius 2 is 2.21 bits per heavy atom. The van der Waals surface area contributed by atoms with E-state index < -0.39 is 0 Å². The smallest absolute Gasteiger partial charge is 0.242 e. The number of hydrogen-bond donors (Lipinski definition) is 2. The molecule has 0 saturated carbocycles. The summed E-state index contributed by atoms with van der Waals surface area (Å²) in [6.07, 6.45) is 4.04. The average molecular weight is 367 g/mol. The Labute approximate surface area is 151 Å². The van der Waals surface area contributed by atoms with Crippen molar-refractivity contribution in [1.82, 2.24) is 20.4 Å². The highest BCUT2D eigenvalue weighted by molar-refractivity contribution is 6.42. The van der Waals surface area contributed by atoms with E-state index in [1.165, 1.54) is 0 Å². The summed E-state index contributed by atoms with van der Waals surface area (Å²) in [5.41, 5.74) is 2.03. The molecule has 2 N–H and O–H groups in total. The van der Waals surface area contributed by atoms with Crippen LogP contribution >= 0.6 is 23.2 Å². The van der Waals surface area contributed by atoms with Gasteiger partial charge in [0.25, 0.3) is 0 Å². The number of nitrogens with zero attached hydrogens (tertiary/aromatic N) is 2. The predicted molar refractivity (Wildman–Crippen MR) is 95.4 cm³/mol. The van der Waals surface area contributed by atoms with Crippen LogP contribution in [0.15, 0.2) is 30.5 Å². The standard InChI is InChI=1S/C17H20Cl2N4O/c18-14-4-3-12(8-15(14)19)9-21-17(24)11-23-16(5-7-22-23)13-2-1-6-20-10-13/h3-5,7-8,13,20H,1-2,6,9-11H2,(H,21,24)/t13-/m0/s1. The Balaban J connectivity index is 1.57. The molecule has 0 aliphatic carbocycles. The molecule has 2 aromatic rings. The fourth-order valence-electron chi connectivity index (χ4n) is 2.97. The largest absolute Gasteiger partial charge is 0.350 e. The number of rotatable bonds is 5. The molecule has 5 nitrogen and oxygen atoms in total. The highest BCUT2D eigenvalue weighted by atomic mass is 35.5. The van der Waals surface area contributed by atoms with Crippen LogP contribution in [0.2, 0.25) is 10.0 Å². The zero-order chi connectivity index (χ0) is 16.9. The summed E-state index contributed by atoms with van der Waals surface area (Å²) in [6, 6.07) is 7.34. The van der Waals surface area contributed by atoms with Crippen molar-refractivity contribution in [2.24, 2.45) is 0 Å². The summed E-state index contributed by atoms with van der Waals surface area (Å²) in [7, 11) is 0. The number of nitrogens with one attached hydrogen (secondary N) is 2. The van der Waals surface area contributed by atoms with Crippen LogP contribution in [0.1, 0.15) is 30.0 Å². The number of aromatic nitrogens is 2. The second-order valence-electron chi connectivity index (χ2n) is 5.98. The van der Waals surface area contributed by atoms with E-state index in [2.05, 4.69) is 15.7 Å². The molecular weight excluding hydrogens is 347 g/mol. The van der Waals surface area contributed by atoms with Gasteiger partial charge >= 0.3 is 0 Å². The molecule has 1 amide bonds. The van der Waals surface area contributed by atoms with E-state index in [1.807, 2.05) is 12.1 Å². The molecule has 7 heteroatoms. The Morgan fingerprint density at radius 1 is 1.33 bits per heavy atom. The molecule has 1 aliphatic heterocycles. The van der Waals surface area contributed by atoms with Gasteiger partial charge in [-0.25, -0.2) is 0 Å². The van der Waals surface area contributed by atoms with Gasteiger partial charge in [-0.2, -0.15) is 5.10 Å². The van der Waals surface area contributed by atoms with Gasteiger partial charge in [0.05, 0.1) is 10.0 Å². The van der Waals surface area contributed by atoms with Gasteiger partial charge in [0.2, 0.25) is 5.91 Å². The van der Waals surface area contributed by atoms with Crippen molar-refractivity contribution < 1.29 is 4.79 Å². The molecule has 2 heterocycles. The van der Waals surface area contributed by atoms with Gasteiger partial charge < -0.3 is 10.6 Å². The van der Waals surface area contributed by atoms with Gasteiger partial charge in [-0.05, 0) is 43.1 Å². The molecule has 0 bridgehead atoms. The van der Waals surface area contributed by atoms with Gasteiger partial charge in [-0.1, -0.05) is 29.3 Å². The highest BCUT2D eigenvalue weighted by Gasteiger charge is 2.19. The van der Waals surface area contributed by atoms with E-state index >= 15 is 0 Å². The molecule has 128 valence electrons. The first-order valence-electron chi connectivity index (χ1n) is 8.06. The van der Waals surface area contributed by atoms with E-state index in [1.54, 1.807) is 23.0 Å². The van der Waals surface area contributed by atoms with Crippen LogP contribution in [0.5, 0.6) is 0 Å². The quantitative estimate of drug-likeness (QED) is 0.854. The molecule has 1 aliphatic rings. The summed E-state index contributed by atoms with van der Waals surface area (Å²) in [5, 5.41) is 11.6. The van der Waals surface area contributed by atoms with E-state index in [-0.39, 0.29) is 12.5 Å². The number of halogens is 2. The SMILES string of the molecule is O=C(Cn1nccc1[C@H]1CCCNC1)NCc1ccc(Cl)c(Cl)c1. The third-order valence-corrected chi connectivity index (χ3v) is 4.97. The second kappa shape index (κ2) is 8.01. The van der Waals surface area contributed by atoms with Crippen molar-refractivity contribution in [3.63, 3.8) is 0 Å². The van der Waals surface area contributed by atoms with Crippen molar-refractivity contribution in [2.45, 2.75) is 31.8 Å². The number of carbonyl (C=O) groups is 1. The first-order valence-corrected chi connectivity index (χ1v) is 8.82. The van der Waals surface area contributed by atoms with E-state index in [9.17, 15) is 4.79 Å². The van der Waals surface area contributed by atoms with Crippen LogP contribution < -0.4 is 10.6 Å². The first kappa shape index (κ1) is 17.3. The molecule has 1 atom stereocenters. The maximum Gasteiger partial charge on any atom is 0.242 e. The van der Waals surface area contributed by atoms with E-state index in [4.69, 9.17) is 23.2 Å². The Hall–Kier alpha value is -1.56. The van der Waals surface area contributed by atoms with Crippen molar-refractivity contribution in [3.8, 4) is 0 Å². The summed E-state index contributed by atoms with van der Waals surface area (Å²) < 4.78 is 1.79. The fourth-order valence-corrected chi connectivity index (χ4v) is 3.29. The maximum atomic E-state index is 12.2. The molecule has 0 unspecified atom stereocenters. The molecule has 0 radical (unpaired) electrons. The zero-order valence-electron chi connectivity index (χ0n) is 13.3. The third-order valence-electron chi connectivity index (χ3n) is 4.23. The molecule has 1 saturated heterocycles. The zero-order valence-corrected chi connectivity index (χ0v) is 14.8. The molecule has 3 rings (SSSR count). The molecule has 1 aromatic heterocycles. The van der Waals surface area contributed by atoms with Crippen molar-refractivity contribution in [1.29, 1.82) is 0 Å². The lowest BCUT2D eigenvalue weighted by Gasteiger charge is -2.23. The summed E-state index contributed by atoms with van der Waals surface area (Å²) >= 11 is 11.9. The Kier molecular flexibility index (Phi) is 5.76. The fraction of sp³-hybridized carbons (Fsp3) is 0.412. The number of piperidine rings is 1. The van der Waals surface area contributed by atoms with Gasteiger partial charge in [-0.3, -0.25) is 9.48 Å². The van der Waals surface area contributed by atoms with Gasteiger partial charge in [-0.15, -0.1) is 0 Å².